The lowest BCUT2D eigenvalue weighted by atomic mass is 9.86. The van der Waals surface area contributed by atoms with Crippen molar-refractivity contribution in [3.63, 3.8) is 0 Å². The molecule has 4 atom stereocenters. The zero-order valence-electron chi connectivity index (χ0n) is 41.8. The average molecular weight is 941 g/mol. The van der Waals surface area contributed by atoms with Crippen LogP contribution in [-0.4, -0.2) is 131 Å². The number of nitrogens with zero attached hydrogens (tertiary/aromatic N) is 2. The van der Waals surface area contributed by atoms with E-state index < -0.39 is 0 Å². The van der Waals surface area contributed by atoms with Gasteiger partial charge in [0.2, 0.25) is 0 Å². The number of fused-ring (bicyclic) bond motifs is 2. The summed E-state index contributed by atoms with van der Waals surface area (Å²) in [5, 5.41) is 0. The van der Waals surface area contributed by atoms with Crippen LogP contribution in [0.25, 0.3) is 0 Å². The molecule has 68 heavy (non-hydrogen) atoms. The molecule has 0 radical (unpaired) electrons. The Morgan fingerprint density at radius 2 is 0.824 bits per heavy atom. The van der Waals surface area contributed by atoms with Gasteiger partial charge in [-0.05, 0) is 70.8 Å². The first kappa shape index (κ1) is 51.3. The second kappa shape index (κ2) is 23.7. The van der Waals surface area contributed by atoms with Crippen molar-refractivity contribution in [2.24, 2.45) is 0 Å². The molecule has 2 heterocycles. The Labute approximate surface area is 402 Å². The van der Waals surface area contributed by atoms with E-state index in [0.717, 1.165) is 83.5 Å². The molecule has 6 rings (SSSR count). The lowest BCUT2D eigenvalue weighted by Gasteiger charge is -2.46. The van der Waals surface area contributed by atoms with Gasteiger partial charge >= 0.3 is 11.9 Å². The highest BCUT2D eigenvalue weighted by atomic mass is 16.5. The molecule has 0 spiro atoms. The number of likely N-dealkylation sites (N-methyl/N-ethyl adjacent to an activating group) is 2. The largest absolute Gasteiger partial charge is 0.493 e. The van der Waals surface area contributed by atoms with E-state index >= 15 is 0 Å². The highest BCUT2D eigenvalue weighted by molar-refractivity contribution is 5.73. The van der Waals surface area contributed by atoms with Crippen LogP contribution < -0.4 is 37.9 Å². The molecule has 0 aliphatic carbocycles. The maximum atomic E-state index is 12.8. The molecule has 0 aromatic heterocycles. The summed E-state index contributed by atoms with van der Waals surface area (Å²) in [6.45, 7) is 4.01. The second-order valence-electron chi connectivity index (χ2n) is 18.0. The number of rotatable bonds is 24. The Hall–Kier alpha value is -6.12. The molecule has 4 aromatic rings. The SMILES string of the molecule is COc1ccc(CC2c3cc(OC)c(OC)cc3CC[N+]2(C)CCCOC(=O)CC=CCC(=O)OCCC[N+]2(C)CCc3cc(OC)c(OC)cc3C2Cc2ccc(OC)c(OC)c2)cc1OC. The number of hydrogen-bond acceptors (Lipinski definition) is 12. The molecule has 0 fully saturated rings. The van der Waals surface area contributed by atoms with Gasteiger partial charge in [0.1, 0.15) is 12.1 Å². The molecule has 0 saturated heterocycles. The van der Waals surface area contributed by atoms with E-state index in [1.54, 1.807) is 69.0 Å². The van der Waals surface area contributed by atoms with Gasteiger partial charge in [-0.15, -0.1) is 0 Å². The standard InChI is InChI=1S/C54H72N2O12/c1-55(25-21-39-33-49(63-7)51(65-9)35-41(39)43(55)29-37-17-19-45(59-3)47(31-37)61-5)23-13-27-67-53(57)15-11-12-16-54(58)68-28-14-24-56(2)26-22-40-34-50(64-8)52(66-10)36-42(40)44(56)30-38-18-20-46(60-4)48(32-38)62-6/h11-12,17-20,31-36,43-44H,13-16,21-30H2,1-10H3/q+2. The van der Waals surface area contributed by atoms with Gasteiger partial charge in [0, 0.05) is 49.7 Å². The number of carbonyl (C=O) groups excluding carboxylic acids is 2. The van der Waals surface area contributed by atoms with Crippen LogP contribution in [0.3, 0.4) is 0 Å². The van der Waals surface area contributed by atoms with E-state index in [1.807, 2.05) is 24.3 Å². The summed E-state index contributed by atoms with van der Waals surface area (Å²) >= 11 is 0. The Balaban J connectivity index is 0.986. The zero-order chi connectivity index (χ0) is 48.8. The predicted octanol–water partition coefficient (Wildman–Crippen LogP) is 8.23. The summed E-state index contributed by atoms with van der Waals surface area (Å²) in [5.41, 5.74) is 7.17. The van der Waals surface area contributed by atoms with Crippen LogP contribution in [-0.2, 0) is 44.7 Å². The van der Waals surface area contributed by atoms with Gasteiger partial charge in [-0.3, -0.25) is 9.59 Å². The molecule has 14 nitrogen and oxygen atoms in total. The molecule has 0 saturated carbocycles. The first-order valence-electron chi connectivity index (χ1n) is 23.4. The summed E-state index contributed by atoms with van der Waals surface area (Å²) < 4.78 is 57.9. The van der Waals surface area contributed by atoms with Crippen molar-refractivity contribution in [2.75, 3.05) is 110 Å². The number of benzene rings is 4. The summed E-state index contributed by atoms with van der Waals surface area (Å²) in [6.07, 6.45) is 8.16. The number of ether oxygens (including phenoxy) is 10. The third kappa shape index (κ3) is 12.1. The lowest BCUT2D eigenvalue weighted by Crippen LogP contribution is -2.52. The van der Waals surface area contributed by atoms with Gasteiger partial charge in [-0.25, -0.2) is 0 Å². The highest BCUT2D eigenvalue weighted by Gasteiger charge is 2.41. The molecule has 2 aliphatic rings. The number of methoxy groups -OCH3 is 8. The third-order valence-electron chi connectivity index (χ3n) is 13.9. The molecule has 368 valence electrons. The smallest absolute Gasteiger partial charge is 0.309 e. The number of carbonyl (C=O) groups is 2. The molecular weight excluding hydrogens is 869 g/mol. The second-order valence-corrected chi connectivity index (χ2v) is 18.0. The minimum atomic E-state index is -0.335. The van der Waals surface area contributed by atoms with Gasteiger partial charge in [0.15, 0.2) is 46.0 Å². The molecule has 0 amide bonds. The number of esters is 2. The van der Waals surface area contributed by atoms with E-state index in [2.05, 4.69) is 50.5 Å². The van der Waals surface area contributed by atoms with Gasteiger partial charge in [0.25, 0.3) is 0 Å². The molecule has 0 N–H and O–H groups in total. The summed E-state index contributed by atoms with van der Waals surface area (Å²) in [4.78, 5) is 25.6. The fourth-order valence-corrected chi connectivity index (χ4v) is 10.0. The molecule has 4 aromatic carbocycles. The van der Waals surface area contributed by atoms with Crippen molar-refractivity contribution < 1.29 is 65.9 Å². The van der Waals surface area contributed by atoms with Crippen molar-refractivity contribution in [2.45, 2.75) is 63.5 Å². The van der Waals surface area contributed by atoms with Crippen LogP contribution in [0, 0.1) is 0 Å². The van der Waals surface area contributed by atoms with Crippen molar-refractivity contribution in [3.05, 3.63) is 106 Å². The fourth-order valence-electron chi connectivity index (χ4n) is 10.0. The number of quaternary nitrogens is 2. The van der Waals surface area contributed by atoms with Gasteiger partial charge in [-0.2, -0.15) is 0 Å². The first-order valence-corrected chi connectivity index (χ1v) is 23.4. The summed E-state index contributed by atoms with van der Waals surface area (Å²) in [6, 6.07) is 20.8. The van der Waals surface area contributed by atoms with E-state index in [-0.39, 0.29) is 36.9 Å². The van der Waals surface area contributed by atoms with Crippen LogP contribution in [0.5, 0.6) is 46.0 Å². The Morgan fingerprint density at radius 3 is 1.18 bits per heavy atom. The molecule has 14 heteroatoms. The molecule has 2 aliphatic heterocycles. The Bertz CT molecular complexity index is 2220. The van der Waals surface area contributed by atoms with Crippen molar-refractivity contribution in [3.8, 4) is 46.0 Å². The predicted molar refractivity (Wildman–Crippen MR) is 260 cm³/mol. The lowest BCUT2D eigenvalue weighted by molar-refractivity contribution is -0.941. The summed E-state index contributed by atoms with van der Waals surface area (Å²) in [7, 11) is 17.8. The van der Waals surface area contributed by atoms with Crippen molar-refractivity contribution in [1.82, 2.24) is 0 Å². The molecule has 4 unspecified atom stereocenters. The maximum absolute atomic E-state index is 12.8. The van der Waals surface area contributed by atoms with E-state index in [0.29, 0.717) is 60.6 Å². The van der Waals surface area contributed by atoms with Gasteiger partial charge < -0.3 is 56.3 Å². The van der Waals surface area contributed by atoms with E-state index in [1.165, 1.54) is 22.3 Å². The van der Waals surface area contributed by atoms with Gasteiger partial charge in [-0.1, -0.05) is 24.3 Å². The first-order chi connectivity index (χ1) is 32.9. The van der Waals surface area contributed by atoms with Crippen molar-refractivity contribution >= 4 is 11.9 Å². The van der Waals surface area contributed by atoms with Crippen LogP contribution >= 0.6 is 0 Å². The van der Waals surface area contributed by atoms with Gasteiger partial charge in [0.05, 0.1) is 123 Å². The highest BCUT2D eigenvalue weighted by Crippen LogP contribution is 2.45. The number of hydrogen-bond donors (Lipinski definition) is 0. The average Bonchev–Trinajstić information content (AvgIpc) is 3.36. The van der Waals surface area contributed by atoms with Crippen LogP contribution in [0.2, 0.25) is 0 Å². The van der Waals surface area contributed by atoms with Crippen LogP contribution in [0.1, 0.15) is 71.1 Å². The fraction of sp³-hybridized carbons (Fsp3) is 0.481. The van der Waals surface area contributed by atoms with Crippen LogP contribution in [0.4, 0.5) is 0 Å². The third-order valence-corrected chi connectivity index (χ3v) is 13.9. The topological polar surface area (TPSA) is 126 Å². The molecule has 0 bridgehead atoms. The zero-order valence-corrected chi connectivity index (χ0v) is 41.8. The quantitative estimate of drug-likeness (QED) is 0.0291. The normalized spacial score (nSPS) is 19.6. The molecular formula is C54H72N2O12+2. The van der Waals surface area contributed by atoms with Crippen LogP contribution in [0.15, 0.2) is 72.8 Å². The van der Waals surface area contributed by atoms with E-state index in [4.69, 9.17) is 47.4 Å². The van der Waals surface area contributed by atoms with Crippen molar-refractivity contribution in [1.29, 1.82) is 0 Å². The minimum Gasteiger partial charge on any atom is -0.493 e. The Morgan fingerprint density at radius 1 is 0.485 bits per heavy atom. The maximum Gasteiger partial charge on any atom is 0.309 e. The minimum absolute atomic E-state index is 0.0752. The Kier molecular flexibility index (Phi) is 17.9. The van der Waals surface area contributed by atoms with E-state index in [9.17, 15) is 9.59 Å². The summed E-state index contributed by atoms with van der Waals surface area (Å²) in [5.74, 6) is 4.92. The monoisotopic (exact) mass is 941 g/mol.